The molecule has 0 spiro atoms. The predicted octanol–water partition coefficient (Wildman–Crippen LogP) is 1.87. The third kappa shape index (κ3) is 3.07. The van der Waals surface area contributed by atoms with Gasteiger partial charge in [0.05, 0.1) is 7.11 Å². The lowest BCUT2D eigenvalue weighted by atomic mass is 10.1. The van der Waals surface area contributed by atoms with E-state index in [-0.39, 0.29) is 6.04 Å². The Balaban J connectivity index is 2.12. The van der Waals surface area contributed by atoms with E-state index in [9.17, 15) is 4.21 Å². The van der Waals surface area contributed by atoms with Gasteiger partial charge < -0.3 is 10.1 Å². The molecule has 3 unspecified atom stereocenters. The molecule has 0 aromatic heterocycles. The van der Waals surface area contributed by atoms with Gasteiger partial charge in [-0.15, -0.1) is 0 Å². The summed E-state index contributed by atoms with van der Waals surface area (Å²) in [5, 5.41) is 3.55. The maximum absolute atomic E-state index is 11.8. The SMILES string of the molecule is CCC1CS(=O)CC(c2ccc(OC)cc2)N1. The number of hydrogen-bond donors (Lipinski definition) is 1. The first-order chi connectivity index (χ1) is 8.22. The topological polar surface area (TPSA) is 38.3 Å². The Kier molecular flexibility index (Phi) is 4.18. The van der Waals surface area contributed by atoms with E-state index in [4.69, 9.17) is 4.74 Å². The predicted molar refractivity (Wildman–Crippen MR) is 70.8 cm³/mol. The zero-order valence-electron chi connectivity index (χ0n) is 10.3. The molecule has 94 valence electrons. The van der Waals surface area contributed by atoms with E-state index in [0.29, 0.717) is 11.8 Å². The van der Waals surface area contributed by atoms with Gasteiger partial charge in [0.2, 0.25) is 0 Å². The fourth-order valence-electron chi connectivity index (χ4n) is 2.12. The maximum Gasteiger partial charge on any atom is 0.118 e. The molecule has 0 amide bonds. The fourth-order valence-corrected chi connectivity index (χ4v) is 3.70. The summed E-state index contributed by atoms with van der Waals surface area (Å²) in [6.07, 6.45) is 1.03. The molecule has 3 atom stereocenters. The van der Waals surface area contributed by atoms with E-state index in [1.54, 1.807) is 7.11 Å². The third-order valence-electron chi connectivity index (χ3n) is 3.19. The van der Waals surface area contributed by atoms with Crippen LogP contribution in [0.5, 0.6) is 5.75 Å². The molecule has 4 heteroatoms. The van der Waals surface area contributed by atoms with Crippen LogP contribution in [-0.4, -0.2) is 28.9 Å². The molecule has 1 aromatic rings. The normalized spacial score (nSPS) is 28.9. The van der Waals surface area contributed by atoms with Crippen molar-refractivity contribution in [3.05, 3.63) is 29.8 Å². The minimum absolute atomic E-state index is 0.209. The number of nitrogens with one attached hydrogen (secondary N) is 1. The second-order valence-electron chi connectivity index (χ2n) is 4.37. The van der Waals surface area contributed by atoms with Crippen LogP contribution in [-0.2, 0) is 10.8 Å². The monoisotopic (exact) mass is 253 g/mol. The molecule has 0 saturated carbocycles. The van der Waals surface area contributed by atoms with Gasteiger partial charge in [-0.2, -0.15) is 0 Å². The highest BCUT2D eigenvalue weighted by molar-refractivity contribution is 7.85. The summed E-state index contributed by atoms with van der Waals surface area (Å²) < 4.78 is 16.9. The molecule has 17 heavy (non-hydrogen) atoms. The molecule has 1 saturated heterocycles. The van der Waals surface area contributed by atoms with Crippen LogP contribution in [0.25, 0.3) is 0 Å². The van der Waals surface area contributed by atoms with Crippen LogP contribution in [0.3, 0.4) is 0 Å². The van der Waals surface area contributed by atoms with Crippen molar-refractivity contribution in [1.82, 2.24) is 5.32 Å². The standard InChI is InChI=1S/C13H19NO2S/c1-3-11-8-17(15)9-13(14-11)10-4-6-12(16-2)7-5-10/h4-7,11,13-14H,3,8-9H2,1-2H3. The molecule has 2 rings (SSSR count). The van der Waals surface area contributed by atoms with Crippen molar-refractivity contribution in [2.75, 3.05) is 18.6 Å². The average Bonchev–Trinajstić information content (AvgIpc) is 2.38. The van der Waals surface area contributed by atoms with Gasteiger partial charge >= 0.3 is 0 Å². The summed E-state index contributed by atoms with van der Waals surface area (Å²) in [5.74, 6) is 2.35. The van der Waals surface area contributed by atoms with Gasteiger partial charge in [-0.1, -0.05) is 19.1 Å². The van der Waals surface area contributed by atoms with Gasteiger partial charge in [0.1, 0.15) is 5.75 Å². The second kappa shape index (κ2) is 5.65. The highest BCUT2D eigenvalue weighted by Gasteiger charge is 2.25. The molecule has 1 aliphatic rings. The van der Waals surface area contributed by atoms with Crippen LogP contribution in [0.2, 0.25) is 0 Å². The van der Waals surface area contributed by atoms with Crippen molar-refractivity contribution in [3.8, 4) is 5.75 Å². The van der Waals surface area contributed by atoms with Gasteiger partial charge in [-0.05, 0) is 24.1 Å². The van der Waals surface area contributed by atoms with Crippen molar-refractivity contribution >= 4 is 10.8 Å². The Labute approximate surface area is 105 Å². The first-order valence-electron chi connectivity index (χ1n) is 5.98. The Morgan fingerprint density at radius 1 is 1.35 bits per heavy atom. The summed E-state index contributed by atoms with van der Waals surface area (Å²) in [7, 11) is 0.961. The lowest BCUT2D eigenvalue weighted by molar-refractivity contribution is 0.413. The molecule has 1 aromatic carbocycles. The van der Waals surface area contributed by atoms with Crippen molar-refractivity contribution in [2.45, 2.75) is 25.4 Å². The number of rotatable bonds is 3. The summed E-state index contributed by atoms with van der Waals surface area (Å²) in [4.78, 5) is 0. The Morgan fingerprint density at radius 3 is 2.65 bits per heavy atom. The zero-order chi connectivity index (χ0) is 12.3. The minimum atomic E-state index is -0.702. The molecule has 1 N–H and O–H groups in total. The summed E-state index contributed by atoms with van der Waals surface area (Å²) >= 11 is 0. The molecular formula is C13H19NO2S. The highest BCUT2D eigenvalue weighted by Crippen LogP contribution is 2.22. The van der Waals surface area contributed by atoms with Crippen LogP contribution in [0.1, 0.15) is 24.9 Å². The lowest BCUT2D eigenvalue weighted by Crippen LogP contribution is -2.44. The van der Waals surface area contributed by atoms with Gasteiger partial charge in [0.25, 0.3) is 0 Å². The maximum atomic E-state index is 11.8. The van der Waals surface area contributed by atoms with Crippen LogP contribution >= 0.6 is 0 Å². The third-order valence-corrected chi connectivity index (χ3v) is 4.67. The number of benzene rings is 1. The van der Waals surface area contributed by atoms with Gasteiger partial charge in [0.15, 0.2) is 0 Å². The van der Waals surface area contributed by atoms with E-state index >= 15 is 0 Å². The smallest absolute Gasteiger partial charge is 0.118 e. The molecular weight excluding hydrogens is 234 g/mol. The molecule has 1 heterocycles. The Hall–Kier alpha value is -0.870. The fraction of sp³-hybridized carbons (Fsp3) is 0.538. The van der Waals surface area contributed by atoms with E-state index in [0.717, 1.165) is 17.9 Å². The first-order valence-corrected chi connectivity index (χ1v) is 7.46. The van der Waals surface area contributed by atoms with Crippen LogP contribution in [0.4, 0.5) is 0 Å². The number of hydrogen-bond acceptors (Lipinski definition) is 3. The molecule has 0 bridgehead atoms. The highest BCUT2D eigenvalue weighted by atomic mass is 32.2. The minimum Gasteiger partial charge on any atom is -0.497 e. The van der Waals surface area contributed by atoms with Gasteiger partial charge in [0, 0.05) is 34.4 Å². The Morgan fingerprint density at radius 2 is 2.06 bits per heavy atom. The van der Waals surface area contributed by atoms with Crippen LogP contribution in [0, 0.1) is 0 Å². The van der Waals surface area contributed by atoms with Crippen LogP contribution in [0.15, 0.2) is 24.3 Å². The van der Waals surface area contributed by atoms with E-state index < -0.39 is 10.8 Å². The summed E-state index contributed by atoms with van der Waals surface area (Å²) in [5.41, 5.74) is 1.19. The van der Waals surface area contributed by atoms with Crippen LogP contribution < -0.4 is 10.1 Å². The summed E-state index contributed by atoms with van der Waals surface area (Å²) in [6.45, 7) is 2.13. The van der Waals surface area contributed by atoms with Crippen molar-refractivity contribution in [2.24, 2.45) is 0 Å². The quantitative estimate of drug-likeness (QED) is 0.893. The summed E-state index contributed by atoms with van der Waals surface area (Å²) in [6, 6.07) is 8.58. The number of methoxy groups -OCH3 is 1. The molecule has 1 aliphatic heterocycles. The molecule has 0 aliphatic carbocycles. The molecule has 1 fully saturated rings. The second-order valence-corrected chi connectivity index (χ2v) is 5.92. The van der Waals surface area contributed by atoms with E-state index in [1.165, 1.54) is 5.56 Å². The van der Waals surface area contributed by atoms with E-state index in [2.05, 4.69) is 12.2 Å². The van der Waals surface area contributed by atoms with Gasteiger partial charge in [-0.25, -0.2) is 0 Å². The zero-order valence-corrected chi connectivity index (χ0v) is 11.1. The van der Waals surface area contributed by atoms with Crippen molar-refractivity contribution in [1.29, 1.82) is 0 Å². The largest absolute Gasteiger partial charge is 0.497 e. The molecule has 0 radical (unpaired) electrons. The Bertz CT molecular complexity index is 391. The van der Waals surface area contributed by atoms with Gasteiger partial charge in [-0.3, -0.25) is 4.21 Å². The van der Waals surface area contributed by atoms with Crippen molar-refractivity contribution < 1.29 is 8.95 Å². The average molecular weight is 253 g/mol. The first kappa shape index (κ1) is 12.6. The van der Waals surface area contributed by atoms with Crippen molar-refractivity contribution in [3.63, 3.8) is 0 Å². The molecule has 3 nitrogen and oxygen atoms in total. The lowest BCUT2D eigenvalue weighted by Gasteiger charge is -2.30. The van der Waals surface area contributed by atoms with E-state index in [1.807, 2.05) is 24.3 Å². The number of ether oxygens (including phenoxy) is 1.